The van der Waals surface area contributed by atoms with Crippen molar-refractivity contribution in [2.75, 3.05) is 5.32 Å². The number of nitrogens with zero attached hydrogens (tertiary/aromatic N) is 3. The molecule has 0 radical (unpaired) electrons. The normalized spacial score (nSPS) is 10.9. The smallest absolute Gasteiger partial charge is 0.270 e. The van der Waals surface area contributed by atoms with E-state index in [1.807, 2.05) is 24.4 Å². The number of aryl methyl sites for hydroxylation is 1. The lowest BCUT2D eigenvalue weighted by molar-refractivity contribution is -0.116. The van der Waals surface area contributed by atoms with Crippen LogP contribution in [0.5, 0.6) is 0 Å². The maximum Gasteiger partial charge on any atom is 0.270 e. The topological polar surface area (TPSA) is 80.9 Å². The summed E-state index contributed by atoms with van der Waals surface area (Å²) in [5, 5.41) is 9.36. The highest BCUT2D eigenvalue weighted by Crippen LogP contribution is 2.33. The van der Waals surface area contributed by atoms with Crippen molar-refractivity contribution in [2.24, 2.45) is 0 Å². The Bertz CT molecular complexity index is 792. The largest absolute Gasteiger partial charge is 0.333 e. The van der Waals surface area contributed by atoms with Crippen LogP contribution in [0.3, 0.4) is 0 Å². The quantitative estimate of drug-likeness (QED) is 0.716. The number of amides is 1. The van der Waals surface area contributed by atoms with Crippen LogP contribution < -0.4 is 5.32 Å². The van der Waals surface area contributed by atoms with Gasteiger partial charge in [0, 0.05) is 6.42 Å². The van der Waals surface area contributed by atoms with Gasteiger partial charge in [0.25, 0.3) is 5.89 Å². The van der Waals surface area contributed by atoms with Crippen LogP contribution in [0.1, 0.15) is 31.9 Å². The monoisotopic (exact) mass is 348 g/mol. The predicted octanol–water partition coefficient (Wildman–Crippen LogP) is 4.36. The summed E-state index contributed by atoms with van der Waals surface area (Å²) in [5.41, 5.74) is 0.766. The first kappa shape index (κ1) is 15.8. The van der Waals surface area contributed by atoms with Gasteiger partial charge in [-0.25, -0.2) is 4.98 Å². The highest BCUT2D eigenvalue weighted by molar-refractivity contribution is 7.19. The molecule has 3 rings (SSSR count). The molecule has 3 aromatic heterocycles. The Morgan fingerprint density at radius 2 is 2.26 bits per heavy atom. The zero-order chi connectivity index (χ0) is 16.2. The lowest BCUT2D eigenvalue weighted by Crippen LogP contribution is -2.10. The molecule has 23 heavy (non-hydrogen) atoms. The zero-order valence-corrected chi connectivity index (χ0v) is 14.5. The zero-order valence-electron chi connectivity index (χ0n) is 12.8. The second kappa shape index (κ2) is 7.01. The summed E-state index contributed by atoms with van der Waals surface area (Å²) >= 11 is 2.90. The SMILES string of the molecule is CCCCC(=O)Nc1nc(C)c(-c2nc(-c3cccs3)no2)s1. The molecule has 0 saturated carbocycles. The molecule has 8 heteroatoms. The number of hydrogen-bond acceptors (Lipinski definition) is 7. The van der Waals surface area contributed by atoms with Crippen molar-refractivity contribution in [3.05, 3.63) is 23.2 Å². The molecule has 0 unspecified atom stereocenters. The van der Waals surface area contributed by atoms with Crippen molar-refractivity contribution in [1.29, 1.82) is 0 Å². The van der Waals surface area contributed by atoms with Crippen LogP contribution in [0.25, 0.3) is 21.5 Å². The first-order chi connectivity index (χ1) is 11.2. The lowest BCUT2D eigenvalue weighted by Gasteiger charge is -1.99. The van der Waals surface area contributed by atoms with Gasteiger partial charge in [-0.05, 0) is 24.8 Å². The van der Waals surface area contributed by atoms with Crippen molar-refractivity contribution in [1.82, 2.24) is 15.1 Å². The van der Waals surface area contributed by atoms with Gasteiger partial charge in [-0.1, -0.05) is 35.9 Å². The molecular weight excluding hydrogens is 332 g/mol. The summed E-state index contributed by atoms with van der Waals surface area (Å²) in [6.07, 6.45) is 2.37. The molecule has 0 saturated heterocycles. The molecule has 1 amide bonds. The second-order valence-corrected chi connectivity index (χ2v) is 6.93. The minimum Gasteiger partial charge on any atom is -0.333 e. The van der Waals surface area contributed by atoms with Crippen LogP contribution in [-0.4, -0.2) is 21.0 Å². The molecule has 6 nitrogen and oxygen atoms in total. The van der Waals surface area contributed by atoms with Crippen molar-refractivity contribution in [3.8, 4) is 21.5 Å². The first-order valence-electron chi connectivity index (χ1n) is 7.32. The number of anilines is 1. The summed E-state index contributed by atoms with van der Waals surface area (Å²) in [4.78, 5) is 22.3. The molecule has 0 aromatic carbocycles. The van der Waals surface area contributed by atoms with Gasteiger partial charge in [0.1, 0.15) is 4.88 Å². The summed E-state index contributed by atoms with van der Waals surface area (Å²) in [5.74, 6) is 0.978. The number of thiophene rings is 1. The maximum atomic E-state index is 11.8. The van der Waals surface area contributed by atoms with E-state index in [1.54, 1.807) is 11.3 Å². The van der Waals surface area contributed by atoms with Crippen molar-refractivity contribution in [3.63, 3.8) is 0 Å². The number of thiazole rings is 1. The highest BCUT2D eigenvalue weighted by Gasteiger charge is 2.18. The molecule has 0 fully saturated rings. The van der Waals surface area contributed by atoms with Crippen molar-refractivity contribution >= 4 is 33.7 Å². The Kier molecular flexibility index (Phi) is 4.82. The number of rotatable bonds is 6. The van der Waals surface area contributed by atoms with Crippen molar-refractivity contribution < 1.29 is 9.32 Å². The fraction of sp³-hybridized carbons (Fsp3) is 0.333. The molecular formula is C15H16N4O2S2. The molecule has 0 atom stereocenters. The van der Waals surface area contributed by atoms with Crippen LogP contribution in [0.4, 0.5) is 5.13 Å². The Hall–Kier alpha value is -2.06. The van der Waals surface area contributed by atoms with Crippen LogP contribution in [0.15, 0.2) is 22.0 Å². The molecule has 120 valence electrons. The molecule has 0 aliphatic carbocycles. The summed E-state index contributed by atoms with van der Waals surface area (Å²) in [6, 6.07) is 3.89. The molecule has 3 heterocycles. The molecule has 3 aromatic rings. The Morgan fingerprint density at radius 1 is 1.39 bits per heavy atom. The Balaban J connectivity index is 1.77. The van der Waals surface area contributed by atoms with E-state index in [0.717, 1.165) is 28.3 Å². The third-order valence-electron chi connectivity index (χ3n) is 3.16. The number of aromatic nitrogens is 3. The van der Waals surface area contributed by atoms with E-state index in [-0.39, 0.29) is 5.91 Å². The molecule has 0 aliphatic heterocycles. The predicted molar refractivity (Wildman–Crippen MR) is 91.6 cm³/mol. The van der Waals surface area contributed by atoms with Gasteiger partial charge in [0.15, 0.2) is 5.13 Å². The standard InChI is InChI=1S/C15H16N4O2S2/c1-3-4-7-11(20)17-15-16-9(2)12(23-15)14-18-13(19-21-14)10-6-5-8-22-10/h5-6,8H,3-4,7H2,1-2H3,(H,16,17,20). The third-order valence-corrected chi connectivity index (χ3v) is 5.09. The van der Waals surface area contributed by atoms with Crippen LogP contribution >= 0.6 is 22.7 Å². The number of hydrogen-bond donors (Lipinski definition) is 1. The van der Waals surface area contributed by atoms with E-state index in [0.29, 0.717) is 23.3 Å². The highest BCUT2D eigenvalue weighted by atomic mass is 32.1. The average Bonchev–Trinajstić information content (AvgIpc) is 3.24. The summed E-state index contributed by atoms with van der Waals surface area (Å²) < 4.78 is 5.34. The Labute approximate surface area is 141 Å². The summed E-state index contributed by atoms with van der Waals surface area (Å²) in [6.45, 7) is 3.92. The number of carbonyl (C=O) groups is 1. The molecule has 1 N–H and O–H groups in total. The van der Waals surface area contributed by atoms with Gasteiger partial charge < -0.3 is 9.84 Å². The first-order valence-corrected chi connectivity index (χ1v) is 9.02. The van der Waals surface area contributed by atoms with Crippen LogP contribution in [0, 0.1) is 6.92 Å². The van der Waals surface area contributed by atoms with E-state index >= 15 is 0 Å². The van der Waals surface area contributed by atoms with Crippen LogP contribution in [-0.2, 0) is 4.79 Å². The number of unbranched alkanes of at least 4 members (excludes halogenated alkanes) is 1. The van der Waals surface area contributed by atoms with Gasteiger partial charge in [0.05, 0.1) is 10.6 Å². The van der Waals surface area contributed by atoms with Gasteiger partial charge in [-0.2, -0.15) is 4.98 Å². The van der Waals surface area contributed by atoms with E-state index < -0.39 is 0 Å². The van der Waals surface area contributed by atoms with Gasteiger partial charge >= 0.3 is 0 Å². The molecule has 0 aliphatic rings. The van der Waals surface area contributed by atoms with Gasteiger partial charge in [0.2, 0.25) is 11.7 Å². The minimum absolute atomic E-state index is 0.0167. The number of carbonyl (C=O) groups excluding carboxylic acids is 1. The fourth-order valence-electron chi connectivity index (χ4n) is 1.99. The van der Waals surface area contributed by atoms with Gasteiger partial charge in [-0.3, -0.25) is 4.79 Å². The van der Waals surface area contributed by atoms with E-state index in [4.69, 9.17) is 4.52 Å². The van der Waals surface area contributed by atoms with Crippen LogP contribution in [0.2, 0.25) is 0 Å². The molecule has 0 spiro atoms. The average molecular weight is 348 g/mol. The third kappa shape index (κ3) is 3.65. The van der Waals surface area contributed by atoms with E-state index in [9.17, 15) is 4.79 Å². The fourth-order valence-corrected chi connectivity index (χ4v) is 3.54. The second-order valence-electron chi connectivity index (χ2n) is 4.99. The lowest BCUT2D eigenvalue weighted by atomic mass is 10.2. The van der Waals surface area contributed by atoms with Gasteiger partial charge in [-0.15, -0.1) is 11.3 Å². The van der Waals surface area contributed by atoms with E-state index in [1.165, 1.54) is 11.3 Å². The summed E-state index contributed by atoms with van der Waals surface area (Å²) in [7, 11) is 0. The maximum absolute atomic E-state index is 11.8. The van der Waals surface area contributed by atoms with Crippen molar-refractivity contribution in [2.45, 2.75) is 33.1 Å². The Morgan fingerprint density at radius 3 is 3.00 bits per heavy atom. The number of nitrogens with one attached hydrogen (secondary N) is 1. The van der Waals surface area contributed by atoms with E-state index in [2.05, 4.69) is 27.4 Å². The minimum atomic E-state index is -0.0167. The molecule has 0 bridgehead atoms.